The molecule has 5 nitrogen and oxygen atoms in total. The summed E-state index contributed by atoms with van der Waals surface area (Å²) in [4.78, 5) is 26.8. The van der Waals surface area contributed by atoms with Crippen LogP contribution in [0, 0.1) is 5.82 Å². The van der Waals surface area contributed by atoms with Crippen LogP contribution in [0.5, 0.6) is 5.75 Å². The minimum absolute atomic E-state index is 0.0567. The van der Waals surface area contributed by atoms with Crippen LogP contribution in [0.4, 0.5) is 10.1 Å². The Labute approximate surface area is 180 Å². The SMILES string of the molecule is COc1ccc(CC(=O)NCc2ccc3c(c2)CCN3C(=O)c2ccc(F)cc2)cc1. The first kappa shape index (κ1) is 20.6. The molecule has 0 saturated carbocycles. The van der Waals surface area contributed by atoms with Gasteiger partial charge >= 0.3 is 0 Å². The number of halogens is 1. The highest BCUT2D eigenvalue weighted by Crippen LogP contribution is 2.30. The fourth-order valence-corrected chi connectivity index (χ4v) is 3.72. The van der Waals surface area contributed by atoms with Crippen molar-refractivity contribution in [2.75, 3.05) is 18.6 Å². The van der Waals surface area contributed by atoms with Crippen LogP contribution in [0.25, 0.3) is 0 Å². The Balaban J connectivity index is 1.37. The molecule has 31 heavy (non-hydrogen) atoms. The van der Waals surface area contributed by atoms with Gasteiger partial charge in [0.1, 0.15) is 11.6 Å². The highest BCUT2D eigenvalue weighted by molar-refractivity contribution is 6.07. The summed E-state index contributed by atoms with van der Waals surface area (Å²) in [7, 11) is 1.61. The average molecular weight is 418 g/mol. The molecule has 158 valence electrons. The highest BCUT2D eigenvalue weighted by Gasteiger charge is 2.25. The Morgan fingerprint density at radius 1 is 1.00 bits per heavy atom. The predicted molar refractivity (Wildman–Crippen MR) is 117 cm³/mol. The maximum atomic E-state index is 13.1. The Kier molecular flexibility index (Phi) is 5.98. The number of hydrogen-bond acceptors (Lipinski definition) is 3. The zero-order chi connectivity index (χ0) is 21.8. The van der Waals surface area contributed by atoms with Crippen molar-refractivity contribution in [1.29, 1.82) is 0 Å². The van der Waals surface area contributed by atoms with Gasteiger partial charge in [-0.2, -0.15) is 0 Å². The maximum Gasteiger partial charge on any atom is 0.258 e. The number of nitrogens with one attached hydrogen (secondary N) is 1. The number of benzene rings is 3. The maximum absolute atomic E-state index is 13.1. The van der Waals surface area contributed by atoms with Crippen molar-refractivity contribution in [2.24, 2.45) is 0 Å². The number of ether oxygens (including phenoxy) is 1. The van der Waals surface area contributed by atoms with Crippen molar-refractivity contribution in [1.82, 2.24) is 5.32 Å². The molecule has 2 amide bonds. The molecule has 0 saturated heterocycles. The van der Waals surface area contributed by atoms with E-state index in [-0.39, 0.29) is 17.6 Å². The van der Waals surface area contributed by atoms with Crippen molar-refractivity contribution in [3.8, 4) is 5.75 Å². The summed E-state index contributed by atoms with van der Waals surface area (Å²) >= 11 is 0. The number of rotatable bonds is 6. The van der Waals surface area contributed by atoms with Crippen LogP contribution in [0.1, 0.15) is 27.0 Å². The number of nitrogens with zero attached hydrogens (tertiary/aromatic N) is 1. The lowest BCUT2D eigenvalue weighted by Gasteiger charge is -2.18. The van der Waals surface area contributed by atoms with Gasteiger partial charge in [-0.3, -0.25) is 9.59 Å². The third-order valence-corrected chi connectivity index (χ3v) is 5.39. The molecular formula is C25H23FN2O3. The molecule has 3 aromatic rings. The van der Waals surface area contributed by atoms with Crippen molar-refractivity contribution in [3.63, 3.8) is 0 Å². The van der Waals surface area contributed by atoms with Gasteiger partial charge in [-0.1, -0.05) is 24.3 Å². The van der Waals surface area contributed by atoms with Crippen molar-refractivity contribution >= 4 is 17.5 Å². The van der Waals surface area contributed by atoms with Gasteiger partial charge < -0.3 is 15.0 Å². The van der Waals surface area contributed by atoms with E-state index < -0.39 is 0 Å². The molecule has 0 spiro atoms. The van der Waals surface area contributed by atoms with Crippen molar-refractivity contribution in [2.45, 2.75) is 19.4 Å². The summed E-state index contributed by atoms with van der Waals surface area (Å²) in [5.74, 6) is 0.198. The summed E-state index contributed by atoms with van der Waals surface area (Å²) < 4.78 is 18.3. The van der Waals surface area contributed by atoms with Crippen LogP contribution in [0.3, 0.4) is 0 Å². The lowest BCUT2D eigenvalue weighted by Crippen LogP contribution is -2.28. The number of hydrogen-bond donors (Lipinski definition) is 1. The fraction of sp³-hybridized carbons (Fsp3) is 0.200. The quantitative estimate of drug-likeness (QED) is 0.661. The van der Waals surface area contributed by atoms with Crippen LogP contribution in [0.2, 0.25) is 0 Å². The monoisotopic (exact) mass is 418 g/mol. The van der Waals surface area contributed by atoms with Gasteiger partial charge in [0.25, 0.3) is 5.91 Å². The van der Waals surface area contributed by atoms with E-state index in [1.165, 1.54) is 24.3 Å². The molecule has 4 rings (SSSR count). The zero-order valence-corrected chi connectivity index (χ0v) is 17.2. The van der Waals surface area contributed by atoms with E-state index in [1.54, 1.807) is 12.0 Å². The van der Waals surface area contributed by atoms with Crippen LogP contribution >= 0.6 is 0 Å². The molecule has 0 fully saturated rings. The second kappa shape index (κ2) is 9.00. The van der Waals surface area contributed by atoms with Gasteiger partial charge in [0, 0.05) is 24.3 Å². The molecule has 1 aliphatic rings. The molecule has 0 aromatic heterocycles. The largest absolute Gasteiger partial charge is 0.497 e. The minimum atomic E-state index is -0.364. The summed E-state index contributed by atoms with van der Waals surface area (Å²) in [6.07, 6.45) is 1.05. The molecule has 0 atom stereocenters. The van der Waals surface area contributed by atoms with Gasteiger partial charge in [0.15, 0.2) is 0 Å². The first-order chi connectivity index (χ1) is 15.0. The molecule has 1 aliphatic heterocycles. The van der Waals surface area contributed by atoms with E-state index >= 15 is 0 Å². The predicted octanol–water partition coefficient (Wildman–Crippen LogP) is 3.90. The minimum Gasteiger partial charge on any atom is -0.497 e. The van der Waals surface area contributed by atoms with Gasteiger partial charge in [-0.05, 0) is 65.6 Å². The Hall–Kier alpha value is -3.67. The summed E-state index contributed by atoms with van der Waals surface area (Å²) in [5.41, 5.74) is 4.30. The van der Waals surface area contributed by atoms with E-state index in [1.807, 2.05) is 42.5 Å². The molecule has 6 heteroatoms. The number of amides is 2. The highest BCUT2D eigenvalue weighted by atomic mass is 19.1. The number of methoxy groups -OCH3 is 1. The van der Waals surface area contributed by atoms with Gasteiger partial charge in [-0.15, -0.1) is 0 Å². The summed E-state index contributed by atoms with van der Waals surface area (Å²) in [6, 6.07) is 18.9. The van der Waals surface area contributed by atoms with Gasteiger partial charge in [0.2, 0.25) is 5.91 Å². The third kappa shape index (κ3) is 4.74. The molecule has 1 N–H and O–H groups in total. The normalized spacial score (nSPS) is 12.4. The van der Waals surface area contributed by atoms with E-state index in [4.69, 9.17) is 4.74 Å². The van der Waals surface area contributed by atoms with Gasteiger partial charge in [-0.25, -0.2) is 4.39 Å². The average Bonchev–Trinajstić information content (AvgIpc) is 3.21. The molecule has 0 unspecified atom stereocenters. The molecule has 0 radical (unpaired) electrons. The second-order valence-electron chi connectivity index (χ2n) is 7.48. The molecular weight excluding hydrogens is 395 g/mol. The fourth-order valence-electron chi connectivity index (χ4n) is 3.72. The number of carbonyl (C=O) groups is 2. The van der Waals surface area contributed by atoms with Crippen LogP contribution in [-0.2, 0) is 24.2 Å². The smallest absolute Gasteiger partial charge is 0.258 e. The van der Waals surface area contributed by atoms with Crippen molar-refractivity contribution < 1.29 is 18.7 Å². The Morgan fingerprint density at radius 3 is 2.42 bits per heavy atom. The third-order valence-electron chi connectivity index (χ3n) is 5.39. The lowest BCUT2D eigenvalue weighted by molar-refractivity contribution is -0.120. The van der Waals surface area contributed by atoms with Crippen molar-refractivity contribution in [3.05, 3.63) is 94.8 Å². The molecule has 3 aromatic carbocycles. The second-order valence-corrected chi connectivity index (χ2v) is 7.48. The topological polar surface area (TPSA) is 58.6 Å². The van der Waals surface area contributed by atoms with Crippen LogP contribution in [-0.4, -0.2) is 25.5 Å². The zero-order valence-electron chi connectivity index (χ0n) is 17.2. The number of carbonyl (C=O) groups excluding carboxylic acids is 2. The van der Waals surface area contributed by atoms with E-state index in [2.05, 4.69) is 5.32 Å². The van der Waals surface area contributed by atoms with Gasteiger partial charge in [0.05, 0.1) is 13.5 Å². The Morgan fingerprint density at radius 2 is 1.71 bits per heavy atom. The molecule has 0 bridgehead atoms. The molecule has 0 aliphatic carbocycles. The number of anilines is 1. The van der Waals surface area contributed by atoms with E-state index in [0.717, 1.165) is 34.5 Å². The Bertz CT molecular complexity index is 1090. The summed E-state index contributed by atoms with van der Waals surface area (Å²) in [5, 5.41) is 2.95. The standard InChI is InChI=1S/C25H23FN2O3/c1-31-22-9-2-17(3-10-22)15-24(29)27-16-18-4-11-23-20(14-18)12-13-28(23)25(30)19-5-7-21(26)8-6-19/h2-11,14H,12-13,15-16H2,1H3,(H,27,29). The van der Waals surface area contributed by atoms with Crippen LogP contribution < -0.4 is 15.0 Å². The molecule has 1 heterocycles. The number of fused-ring (bicyclic) bond motifs is 1. The van der Waals surface area contributed by atoms with Crippen LogP contribution in [0.15, 0.2) is 66.7 Å². The first-order valence-electron chi connectivity index (χ1n) is 10.1. The summed E-state index contributed by atoms with van der Waals surface area (Å²) in [6.45, 7) is 1.01. The van der Waals surface area contributed by atoms with E-state index in [9.17, 15) is 14.0 Å². The lowest BCUT2D eigenvalue weighted by atomic mass is 10.1. The van der Waals surface area contributed by atoms with E-state index in [0.29, 0.717) is 25.1 Å². The first-order valence-corrected chi connectivity index (χ1v) is 10.1.